The van der Waals surface area contributed by atoms with Crippen molar-refractivity contribution in [3.05, 3.63) is 72.8 Å². The molecule has 2 heterocycles. The molecule has 2 aromatic heterocycles. The van der Waals surface area contributed by atoms with Gasteiger partial charge in [-0.2, -0.15) is 0 Å². The van der Waals surface area contributed by atoms with Crippen molar-refractivity contribution in [3.63, 3.8) is 0 Å². The molecule has 0 spiro atoms. The van der Waals surface area contributed by atoms with Gasteiger partial charge in [0, 0.05) is 11.4 Å². The minimum Gasteiger partial charge on any atom is -0.444 e. The van der Waals surface area contributed by atoms with Crippen LogP contribution in [0, 0.1) is 6.92 Å². The van der Waals surface area contributed by atoms with Gasteiger partial charge in [0.2, 0.25) is 5.88 Å². The second-order valence-corrected chi connectivity index (χ2v) is 8.29. The van der Waals surface area contributed by atoms with Crippen molar-refractivity contribution < 1.29 is 14.3 Å². The predicted octanol–water partition coefficient (Wildman–Crippen LogP) is 5.92. The first-order valence-corrected chi connectivity index (χ1v) is 10.2. The highest BCUT2D eigenvalue weighted by atomic mass is 16.6. The summed E-state index contributed by atoms with van der Waals surface area (Å²) in [5.41, 5.74) is 2.93. The van der Waals surface area contributed by atoms with E-state index in [4.69, 9.17) is 9.47 Å². The molecule has 0 aliphatic rings. The minimum atomic E-state index is -0.559. The van der Waals surface area contributed by atoms with Crippen LogP contribution in [0.4, 0.5) is 22.0 Å². The average molecular weight is 431 g/mol. The van der Waals surface area contributed by atoms with Crippen molar-refractivity contribution >= 4 is 28.8 Å². The summed E-state index contributed by atoms with van der Waals surface area (Å²) < 4.78 is 13.1. The molecule has 8 heteroatoms. The number of fused-ring (bicyclic) bond motifs is 1. The first-order chi connectivity index (χ1) is 15.3. The summed E-state index contributed by atoms with van der Waals surface area (Å²) in [5.74, 6) is 1.79. The molecular weight excluding hydrogens is 406 g/mol. The second kappa shape index (κ2) is 8.58. The van der Waals surface area contributed by atoms with E-state index in [9.17, 15) is 4.79 Å². The number of carbonyl (C=O) groups is 1. The lowest BCUT2D eigenvalue weighted by Crippen LogP contribution is -2.27. The molecule has 2 N–H and O–H groups in total. The molecule has 8 nitrogen and oxygen atoms in total. The number of amides is 1. The van der Waals surface area contributed by atoms with Gasteiger partial charge in [-0.05, 0) is 63.6 Å². The van der Waals surface area contributed by atoms with E-state index >= 15 is 0 Å². The van der Waals surface area contributed by atoms with Gasteiger partial charge in [0.1, 0.15) is 23.2 Å². The Labute approximate surface area is 186 Å². The Morgan fingerprint density at radius 3 is 2.50 bits per heavy atom. The second-order valence-electron chi connectivity index (χ2n) is 8.29. The normalized spacial score (nSPS) is 11.2. The summed E-state index contributed by atoms with van der Waals surface area (Å²) in [6, 6.07) is 15.0. The fourth-order valence-electron chi connectivity index (χ4n) is 3.06. The van der Waals surface area contributed by atoms with Crippen LogP contribution in [-0.4, -0.2) is 26.1 Å². The third-order valence-corrected chi connectivity index (χ3v) is 4.54. The Kier molecular flexibility index (Phi) is 5.68. The average Bonchev–Trinajstić information content (AvgIpc) is 3.22. The third-order valence-electron chi connectivity index (χ3n) is 4.54. The van der Waals surface area contributed by atoms with Gasteiger partial charge < -0.3 is 14.8 Å². The zero-order valence-electron chi connectivity index (χ0n) is 18.4. The number of para-hydroxylation sites is 1. The SMILES string of the molecule is Cc1ccccc1Nc1ncc(Oc2ccc(NC(=O)OC(C)(C)C)cc2)n2cncc12. The first kappa shape index (κ1) is 21.2. The smallest absolute Gasteiger partial charge is 0.412 e. The Morgan fingerprint density at radius 1 is 1.03 bits per heavy atom. The van der Waals surface area contributed by atoms with Gasteiger partial charge in [0.25, 0.3) is 0 Å². The van der Waals surface area contributed by atoms with E-state index in [1.54, 1.807) is 43.0 Å². The van der Waals surface area contributed by atoms with Crippen LogP contribution in [0.2, 0.25) is 0 Å². The molecule has 0 unspecified atom stereocenters. The lowest BCUT2D eigenvalue weighted by molar-refractivity contribution is 0.0636. The van der Waals surface area contributed by atoms with Crippen molar-refractivity contribution in [2.24, 2.45) is 0 Å². The van der Waals surface area contributed by atoms with Gasteiger partial charge in [0.05, 0.1) is 12.4 Å². The fourth-order valence-corrected chi connectivity index (χ4v) is 3.06. The highest BCUT2D eigenvalue weighted by Crippen LogP contribution is 2.28. The number of rotatable bonds is 5. The Morgan fingerprint density at radius 2 is 1.78 bits per heavy atom. The highest BCUT2D eigenvalue weighted by Gasteiger charge is 2.16. The van der Waals surface area contributed by atoms with E-state index in [0.29, 0.717) is 23.1 Å². The van der Waals surface area contributed by atoms with E-state index in [-0.39, 0.29) is 0 Å². The van der Waals surface area contributed by atoms with E-state index in [1.165, 1.54) is 0 Å². The van der Waals surface area contributed by atoms with Gasteiger partial charge in [-0.15, -0.1) is 0 Å². The largest absolute Gasteiger partial charge is 0.444 e. The highest BCUT2D eigenvalue weighted by molar-refractivity contribution is 5.84. The van der Waals surface area contributed by atoms with Crippen LogP contribution in [0.15, 0.2) is 67.3 Å². The van der Waals surface area contributed by atoms with E-state index in [1.807, 2.05) is 56.4 Å². The summed E-state index contributed by atoms with van der Waals surface area (Å²) in [6.45, 7) is 7.48. The zero-order chi connectivity index (χ0) is 22.7. The van der Waals surface area contributed by atoms with Crippen molar-refractivity contribution in [1.82, 2.24) is 14.4 Å². The number of anilines is 3. The summed E-state index contributed by atoms with van der Waals surface area (Å²) >= 11 is 0. The number of carbonyl (C=O) groups excluding carboxylic acids is 1. The quantitative estimate of drug-likeness (QED) is 0.408. The maximum absolute atomic E-state index is 11.9. The molecule has 2 aromatic carbocycles. The monoisotopic (exact) mass is 431 g/mol. The van der Waals surface area contributed by atoms with Crippen LogP contribution < -0.4 is 15.4 Å². The maximum atomic E-state index is 11.9. The number of ether oxygens (including phenoxy) is 2. The molecular formula is C24H25N5O3. The number of nitrogens with zero attached hydrogens (tertiary/aromatic N) is 3. The number of aromatic nitrogens is 3. The molecule has 0 atom stereocenters. The molecule has 0 saturated carbocycles. The topological polar surface area (TPSA) is 89.8 Å². The van der Waals surface area contributed by atoms with Crippen molar-refractivity contribution in [2.45, 2.75) is 33.3 Å². The molecule has 32 heavy (non-hydrogen) atoms. The molecule has 0 fully saturated rings. The Balaban J connectivity index is 1.50. The molecule has 164 valence electrons. The van der Waals surface area contributed by atoms with Crippen molar-refractivity contribution in [3.8, 4) is 11.6 Å². The maximum Gasteiger partial charge on any atom is 0.412 e. The predicted molar refractivity (Wildman–Crippen MR) is 124 cm³/mol. The van der Waals surface area contributed by atoms with Gasteiger partial charge >= 0.3 is 6.09 Å². The number of hydrogen-bond donors (Lipinski definition) is 2. The van der Waals surface area contributed by atoms with E-state index in [2.05, 4.69) is 20.6 Å². The van der Waals surface area contributed by atoms with Gasteiger partial charge in [-0.3, -0.25) is 9.72 Å². The standard InChI is InChI=1S/C24H25N5O3/c1-16-7-5-6-8-19(16)28-22-20-13-25-15-29(20)21(14-26-22)31-18-11-9-17(10-12-18)27-23(30)32-24(2,3)4/h5-15H,1-4H3,(H,26,28)(H,27,30). The van der Waals surface area contributed by atoms with Crippen molar-refractivity contribution in [1.29, 1.82) is 0 Å². The van der Waals surface area contributed by atoms with E-state index in [0.717, 1.165) is 16.8 Å². The van der Waals surface area contributed by atoms with Gasteiger partial charge in [-0.25, -0.2) is 14.8 Å². The van der Waals surface area contributed by atoms with Gasteiger partial charge in [-0.1, -0.05) is 18.2 Å². The summed E-state index contributed by atoms with van der Waals surface area (Å²) in [5, 5.41) is 6.05. The third kappa shape index (κ3) is 4.97. The minimum absolute atomic E-state index is 0.507. The summed E-state index contributed by atoms with van der Waals surface area (Å²) in [7, 11) is 0. The van der Waals surface area contributed by atoms with Crippen LogP contribution in [0.1, 0.15) is 26.3 Å². The van der Waals surface area contributed by atoms with E-state index < -0.39 is 11.7 Å². The zero-order valence-corrected chi connectivity index (χ0v) is 18.4. The van der Waals surface area contributed by atoms with Gasteiger partial charge in [0.15, 0.2) is 5.82 Å². The van der Waals surface area contributed by atoms with Crippen LogP contribution in [0.25, 0.3) is 5.52 Å². The lowest BCUT2D eigenvalue weighted by atomic mass is 10.2. The molecule has 0 bridgehead atoms. The molecule has 4 rings (SSSR count). The summed E-state index contributed by atoms with van der Waals surface area (Å²) in [4.78, 5) is 20.7. The van der Waals surface area contributed by atoms with Crippen LogP contribution in [0.5, 0.6) is 11.6 Å². The molecule has 4 aromatic rings. The number of nitrogens with one attached hydrogen (secondary N) is 2. The first-order valence-electron chi connectivity index (χ1n) is 10.2. The Hall–Kier alpha value is -4.07. The fraction of sp³-hybridized carbons (Fsp3) is 0.208. The number of hydrogen-bond acceptors (Lipinski definition) is 6. The van der Waals surface area contributed by atoms with Crippen LogP contribution in [0.3, 0.4) is 0 Å². The number of aryl methyl sites for hydroxylation is 1. The van der Waals surface area contributed by atoms with Crippen LogP contribution in [-0.2, 0) is 4.74 Å². The Bertz CT molecular complexity index is 1240. The lowest BCUT2D eigenvalue weighted by Gasteiger charge is -2.19. The van der Waals surface area contributed by atoms with Crippen molar-refractivity contribution in [2.75, 3.05) is 10.6 Å². The molecule has 0 radical (unpaired) electrons. The summed E-state index contributed by atoms with van der Waals surface area (Å²) in [6.07, 6.45) is 4.54. The molecule has 0 saturated heterocycles. The molecule has 1 amide bonds. The number of imidazole rings is 1. The van der Waals surface area contributed by atoms with Crippen LogP contribution >= 0.6 is 0 Å². The molecule has 0 aliphatic carbocycles. The number of benzene rings is 2. The molecule has 0 aliphatic heterocycles.